The normalized spacial score (nSPS) is 19.3. The molecule has 1 aromatic heterocycles. The third kappa shape index (κ3) is 2.92. The molecule has 0 saturated carbocycles. The molecular formula is C21H20N4O2. The third-order valence-electron chi connectivity index (χ3n) is 5.53. The lowest BCUT2D eigenvalue weighted by Crippen LogP contribution is -2.34. The molecule has 1 atom stereocenters. The van der Waals surface area contributed by atoms with Gasteiger partial charge in [0.25, 0.3) is 5.89 Å². The molecule has 0 spiro atoms. The van der Waals surface area contributed by atoms with E-state index in [1.165, 1.54) is 11.1 Å². The number of aryl methyl sites for hydroxylation is 1. The lowest BCUT2D eigenvalue weighted by Gasteiger charge is -2.07. The lowest BCUT2D eigenvalue weighted by atomic mass is 10.0. The summed E-state index contributed by atoms with van der Waals surface area (Å²) in [5, 5.41) is 7.12. The van der Waals surface area contributed by atoms with Crippen molar-refractivity contribution < 1.29 is 9.32 Å². The van der Waals surface area contributed by atoms with Gasteiger partial charge in [0.2, 0.25) is 5.91 Å². The molecule has 0 bridgehead atoms. The molecule has 0 radical (unpaired) electrons. The molecule has 5 rings (SSSR count). The number of hydrogen-bond donors (Lipinski definition) is 2. The number of nitrogens with zero attached hydrogens (tertiary/aromatic N) is 2. The molecule has 3 aromatic rings. The number of nitrogens with two attached hydrogens (primary N) is 1. The van der Waals surface area contributed by atoms with Crippen LogP contribution >= 0.6 is 0 Å². The molecule has 0 saturated heterocycles. The highest BCUT2D eigenvalue weighted by molar-refractivity contribution is 5.96. The Balaban J connectivity index is 1.40. The van der Waals surface area contributed by atoms with Crippen LogP contribution in [0.15, 0.2) is 47.0 Å². The average Bonchev–Trinajstić information content (AvgIpc) is 3.30. The summed E-state index contributed by atoms with van der Waals surface area (Å²) in [5.41, 5.74) is 11.3. The van der Waals surface area contributed by atoms with Crippen molar-refractivity contribution in [1.29, 1.82) is 0 Å². The fourth-order valence-corrected chi connectivity index (χ4v) is 3.98. The van der Waals surface area contributed by atoms with Crippen LogP contribution in [0.2, 0.25) is 0 Å². The van der Waals surface area contributed by atoms with Crippen molar-refractivity contribution in [3.63, 3.8) is 0 Å². The highest BCUT2D eigenvalue weighted by Gasteiger charge is 2.27. The van der Waals surface area contributed by atoms with Gasteiger partial charge in [0.1, 0.15) is 0 Å². The molecule has 2 heterocycles. The van der Waals surface area contributed by atoms with Crippen molar-refractivity contribution >= 4 is 11.6 Å². The Labute approximate surface area is 156 Å². The molecule has 1 aliphatic heterocycles. The van der Waals surface area contributed by atoms with E-state index in [-0.39, 0.29) is 11.8 Å². The largest absolute Gasteiger partial charge is 0.334 e. The van der Waals surface area contributed by atoms with Crippen LogP contribution in [-0.4, -0.2) is 22.1 Å². The second kappa shape index (κ2) is 6.32. The molecule has 1 amide bonds. The van der Waals surface area contributed by atoms with Crippen LogP contribution in [0, 0.1) is 0 Å². The standard InChI is InChI=1S/C21H20N4O2/c22-17-7-5-14-11-15(6-8-18(14)23-20(17)26)21-24-19(25-27-21)16-9-12-3-1-2-4-13(12)10-16/h1-4,6,8,11,16-17H,5,7,9-10,22H2,(H,23,26). The van der Waals surface area contributed by atoms with Gasteiger partial charge < -0.3 is 15.6 Å². The molecule has 136 valence electrons. The maximum absolute atomic E-state index is 11.9. The Morgan fingerprint density at radius 2 is 1.85 bits per heavy atom. The molecular weight excluding hydrogens is 340 g/mol. The number of carbonyl (C=O) groups is 1. The van der Waals surface area contributed by atoms with Crippen molar-refractivity contribution in [2.45, 2.75) is 37.6 Å². The van der Waals surface area contributed by atoms with E-state index in [2.05, 4.69) is 39.7 Å². The minimum absolute atomic E-state index is 0.137. The summed E-state index contributed by atoms with van der Waals surface area (Å²) in [6.07, 6.45) is 3.26. The number of rotatable bonds is 2. The maximum Gasteiger partial charge on any atom is 0.257 e. The Hall–Kier alpha value is -2.99. The quantitative estimate of drug-likeness (QED) is 0.733. The minimum Gasteiger partial charge on any atom is -0.334 e. The summed E-state index contributed by atoms with van der Waals surface area (Å²) in [5.74, 6) is 1.40. The minimum atomic E-state index is -0.472. The van der Waals surface area contributed by atoms with E-state index in [1.807, 2.05) is 18.2 Å². The lowest BCUT2D eigenvalue weighted by molar-refractivity contribution is -0.117. The molecule has 2 aliphatic rings. The van der Waals surface area contributed by atoms with E-state index in [1.54, 1.807) is 0 Å². The number of amides is 1. The van der Waals surface area contributed by atoms with E-state index >= 15 is 0 Å². The number of nitrogens with one attached hydrogen (secondary N) is 1. The monoisotopic (exact) mass is 360 g/mol. The van der Waals surface area contributed by atoms with Crippen LogP contribution in [0.3, 0.4) is 0 Å². The van der Waals surface area contributed by atoms with E-state index in [9.17, 15) is 4.79 Å². The summed E-state index contributed by atoms with van der Waals surface area (Å²) in [4.78, 5) is 16.6. The summed E-state index contributed by atoms with van der Waals surface area (Å²) < 4.78 is 5.55. The molecule has 2 aromatic carbocycles. The van der Waals surface area contributed by atoms with Gasteiger partial charge in [0.05, 0.1) is 6.04 Å². The first-order valence-corrected chi connectivity index (χ1v) is 9.27. The highest BCUT2D eigenvalue weighted by atomic mass is 16.5. The van der Waals surface area contributed by atoms with Gasteiger partial charge in [-0.1, -0.05) is 29.4 Å². The Morgan fingerprint density at radius 1 is 1.07 bits per heavy atom. The Kier molecular flexibility index (Phi) is 3.79. The first-order chi connectivity index (χ1) is 13.2. The first-order valence-electron chi connectivity index (χ1n) is 9.27. The summed E-state index contributed by atoms with van der Waals surface area (Å²) in [6.45, 7) is 0. The first kappa shape index (κ1) is 16.2. The number of aromatic nitrogens is 2. The highest BCUT2D eigenvalue weighted by Crippen LogP contribution is 2.34. The van der Waals surface area contributed by atoms with E-state index in [4.69, 9.17) is 10.3 Å². The van der Waals surface area contributed by atoms with Gasteiger partial charge in [0, 0.05) is 17.2 Å². The summed E-state index contributed by atoms with van der Waals surface area (Å²) in [6, 6.07) is 13.8. The average molecular weight is 360 g/mol. The predicted octanol–water partition coefficient (Wildman–Crippen LogP) is 2.83. The molecule has 3 N–H and O–H groups in total. The van der Waals surface area contributed by atoms with Crippen LogP contribution in [0.1, 0.15) is 34.9 Å². The van der Waals surface area contributed by atoms with Gasteiger partial charge in [0.15, 0.2) is 5.82 Å². The molecule has 6 heteroatoms. The topological polar surface area (TPSA) is 94.0 Å². The second-order valence-electron chi connectivity index (χ2n) is 7.34. The fourth-order valence-electron chi connectivity index (χ4n) is 3.98. The second-order valence-corrected chi connectivity index (χ2v) is 7.34. The number of carbonyl (C=O) groups excluding carboxylic acids is 1. The van der Waals surface area contributed by atoms with Gasteiger partial charge in [-0.3, -0.25) is 4.79 Å². The van der Waals surface area contributed by atoms with Crippen molar-refractivity contribution in [3.8, 4) is 11.5 Å². The van der Waals surface area contributed by atoms with Gasteiger partial charge in [-0.25, -0.2) is 0 Å². The molecule has 0 fully saturated rings. The van der Waals surface area contributed by atoms with Crippen LogP contribution in [0.25, 0.3) is 11.5 Å². The Morgan fingerprint density at radius 3 is 2.63 bits per heavy atom. The molecule has 1 unspecified atom stereocenters. The molecule has 1 aliphatic carbocycles. The number of benzene rings is 2. The fraction of sp³-hybridized carbons (Fsp3) is 0.286. The van der Waals surface area contributed by atoms with E-state index in [0.29, 0.717) is 12.3 Å². The summed E-state index contributed by atoms with van der Waals surface area (Å²) >= 11 is 0. The van der Waals surface area contributed by atoms with Gasteiger partial charge in [-0.15, -0.1) is 0 Å². The Bertz CT molecular complexity index is 1000. The number of hydrogen-bond acceptors (Lipinski definition) is 5. The number of anilines is 1. The van der Waals surface area contributed by atoms with Crippen LogP contribution in [-0.2, 0) is 24.1 Å². The smallest absolute Gasteiger partial charge is 0.257 e. The van der Waals surface area contributed by atoms with Gasteiger partial charge in [-0.05, 0) is 60.6 Å². The predicted molar refractivity (Wildman–Crippen MR) is 101 cm³/mol. The van der Waals surface area contributed by atoms with Crippen LogP contribution in [0.4, 0.5) is 5.69 Å². The zero-order valence-electron chi connectivity index (χ0n) is 14.8. The van der Waals surface area contributed by atoms with Crippen molar-refractivity contribution in [1.82, 2.24) is 10.1 Å². The van der Waals surface area contributed by atoms with Crippen molar-refractivity contribution in [3.05, 3.63) is 65.0 Å². The third-order valence-corrected chi connectivity index (χ3v) is 5.53. The van der Waals surface area contributed by atoms with E-state index < -0.39 is 6.04 Å². The number of fused-ring (bicyclic) bond motifs is 2. The molecule has 6 nitrogen and oxygen atoms in total. The van der Waals surface area contributed by atoms with E-state index in [0.717, 1.165) is 41.9 Å². The molecule has 27 heavy (non-hydrogen) atoms. The van der Waals surface area contributed by atoms with Crippen molar-refractivity contribution in [2.24, 2.45) is 5.73 Å². The zero-order chi connectivity index (χ0) is 18.4. The SMILES string of the molecule is NC1CCc2cc(-c3nc(C4Cc5ccccc5C4)no3)ccc2NC1=O. The van der Waals surface area contributed by atoms with Gasteiger partial charge in [-0.2, -0.15) is 4.98 Å². The maximum atomic E-state index is 11.9. The van der Waals surface area contributed by atoms with Gasteiger partial charge >= 0.3 is 0 Å². The zero-order valence-corrected chi connectivity index (χ0v) is 14.8. The summed E-state index contributed by atoms with van der Waals surface area (Å²) in [7, 11) is 0. The van der Waals surface area contributed by atoms with Crippen LogP contribution < -0.4 is 11.1 Å². The van der Waals surface area contributed by atoms with Crippen LogP contribution in [0.5, 0.6) is 0 Å². The van der Waals surface area contributed by atoms with Crippen molar-refractivity contribution in [2.75, 3.05) is 5.32 Å².